The molecule has 2 rings (SSSR count). The molecule has 0 aliphatic carbocycles. The molecule has 0 aliphatic rings. The number of nitrogens with zero attached hydrogens (tertiary/aromatic N) is 4. The first-order chi connectivity index (χ1) is 8.29. The van der Waals surface area contributed by atoms with Crippen molar-refractivity contribution in [3.8, 4) is 11.4 Å². The van der Waals surface area contributed by atoms with Crippen LogP contribution in [0.4, 0.5) is 0 Å². The molecule has 7 heteroatoms. The van der Waals surface area contributed by atoms with Gasteiger partial charge in [-0.15, -0.1) is 0 Å². The summed E-state index contributed by atoms with van der Waals surface area (Å²) in [5.74, 6) is 0.614. The van der Waals surface area contributed by atoms with Gasteiger partial charge < -0.3 is 9.42 Å². The average molecular weight is 250 g/mol. The molecule has 0 aliphatic heterocycles. The first-order valence-corrected chi connectivity index (χ1v) is 6.28. The van der Waals surface area contributed by atoms with E-state index in [0.29, 0.717) is 5.82 Å². The summed E-state index contributed by atoms with van der Waals surface area (Å²) < 4.78 is 6.24. The minimum absolute atomic E-state index is 0.238. The van der Waals surface area contributed by atoms with Crippen LogP contribution in [0.2, 0.25) is 0 Å². The van der Waals surface area contributed by atoms with Gasteiger partial charge in [0, 0.05) is 39.5 Å². The molecule has 0 spiro atoms. The fraction of sp³-hybridized carbons (Fsp3) is 0.200. The molecule has 6 nitrogen and oxygen atoms in total. The second-order valence-electron chi connectivity index (χ2n) is 3.18. The highest BCUT2D eigenvalue weighted by Crippen LogP contribution is 2.23. The summed E-state index contributed by atoms with van der Waals surface area (Å²) in [7, 11) is -0.291. The summed E-state index contributed by atoms with van der Waals surface area (Å²) in [6.45, 7) is 0. The lowest BCUT2D eigenvalue weighted by molar-refractivity contribution is -0.739. The summed E-state index contributed by atoms with van der Waals surface area (Å²) in [6, 6.07) is 3.57. The van der Waals surface area contributed by atoms with E-state index in [9.17, 15) is 4.89 Å². The third-order valence-corrected chi connectivity index (χ3v) is 2.99. The average Bonchev–Trinajstić information content (AvgIpc) is 2.40. The van der Waals surface area contributed by atoms with E-state index in [1.165, 1.54) is 7.11 Å². The summed E-state index contributed by atoms with van der Waals surface area (Å²) in [4.78, 5) is 19.4. The lowest BCUT2D eigenvalue weighted by Gasteiger charge is -2.14. The zero-order valence-corrected chi connectivity index (χ0v) is 10.1. The Hall–Kier alpha value is -1.49. The molecular weight excluding hydrogens is 239 g/mol. The van der Waals surface area contributed by atoms with Gasteiger partial charge in [-0.25, -0.2) is 9.97 Å². The zero-order valence-electron chi connectivity index (χ0n) is 9.22. The number of rotatable bonds is 4. The van der Waals surface area contributed by atoms with Crippen molar-refractivity contribution in [1.82, 2.24) is 15.1 Å². The molecule has 0 bridgehead atoms. The highest BCUT2D eigenvalue weighted by Gasteiger charge is 2.07. The minimum Gasteiger partial charge on any atom is -0.803 e. The number of hydrogen-bond donors (Lipinski definition) is 0. The SMILES string of the molecule is COP([O-])C[n+]1ccc(-c2ncccn2)cn1. The molecule has 0 N–H and O–H groups in total. The smallest absolute Gasteiger partial charge is 0.201 e. The van der Waals surface area contributed by atoms with E-state index in [-0.39, 0.29) is 6.29 Å². The fourth-order valence-corrected chi connectivity index (χ4v) is 1.74. The Labute approximate surface area is 99.9 Å². The van der Waals surface area contributed by atoms with E-state index in [2.05, 4.69) is 15.1 Å². The van der Waals surface area contributed by atoms with Crippen molar-refractivity contribution in [2.45, 2.75) is 6.29 Å². The molecule has 0 radical (unpaired) electrons. The van der Waals surface area contributed by atoms with E-state index in [0.717, 1.165) is 5.56 Å². The van der Waals surface area contributed by atoms with Crippen LogP contribution in [0.15, 0.2) is 36.9 Å². The van der Waals surface area contributed by atoms with E-state index in [1.54, 1.807) is 35.5 Å². The Morgan fingerprint density at radius 2 is 2.18 bits per heavy atom. The summed E-state index contributed by atoms with van der Waals surface area (Å²) >= 11 is 0. The van der Waals surface area contributed by atoms with Crippen molar-refractivity contribution in [2.24, 2.45) is 0 Å². The third-order valence-electron chi connectivity index (χ3n) is 2.06. The van der Waals surface area contributed by atoms with Crippen molar-refractivity contribution in [3.63, 3.8) is 0 Å². The van der Waals surface area contributed by atoms with Gasteiger partial charge in [0.15, 0.2) is 12.0 Å². The lowest BCUT2D eigenvalue weighted by atomic mass is 10.3. The molecule has 17 heavy (non-hydrogen) atoms. The van der Waals surface area contributed by atoms with E-state index >= 15 is 0 Å². The Kier molecular flexibility index (Phi) is 4.03. The molecule has 1 unspecified atom stereocenters. The summed E-state index contributed by atoms with van der Waals surface area (Å²) in [5, 5.41) is 4.12. The second-order valence-corrected chi connectivity index (χ2v) is 4.50. The van der Waals surface area contributed by atoms with Crippen LogP contribution in [0.1, 0.15) is 0 Å². The van der Waals surface area contributed by atoms with Gasteiger partial charge in [-0.05, 0) is 11.2 Å². The highest BCUT2D eigenvalue weighted by molar-refractivity contribution is 7.43. The van der Waals surface area contributed by atoms with Gasteiger partial charge in [0.05, 0.1) is 0 Å². The fourth-order valence-electron chi connectivity index (χ4n) is 1.22. The first kappa shape index (κ1) is 12.0. The van der Waals surface area contributed by atoms with E-state index in [4.69, 9.17) is 4.52 Å². The number of aromatic nitrogens is 4. The van der Waals surface area contributed by atoms with Crippen molar-refractivity contribution >= 4 is 8.38 Å². The van der Waals surface area contributed by atoms with Crippen LogP contribution in [0.25, 0.3) is 11.4 Å². The molecule has 0 saturated carbocycles. The van der Waals surface area contributed by atoms with Crippen LogP contribution in [-0.4, -0.2) is 22.2 Å². The minimum atomic E-state index is -1.70. The van der Waals surface area contributed by atoms with Crippen molar-refractivity contribution < 1.29 is 14.1 Å². The molecule has 1 atom stereocenters. The van der Waals surface area contributed by atoms with Gasteiger partial charge in [0.2, 0.25) is 6.29 Å². The molecule has 0 aromatic carbocycles. The van der Waals surface area contributed by atoms with Gasteiger partial charge in [0.1, 0.15) is 6.20 Å². The lowest BCUT2D eigenvalue weighted by Crippen LogP contribution is -2.37. The Morgan fingerprint density at radius 1 is 1.41 bits per heavy atom. The van der Waals surface area contributed by atoms with Crippen LogP contribution in [0.5, 0.6) is 0 Å². The maximum atomic E-state index is 11.2. The first-order valence-electron chi connectivity index (χ1n) is 4.91. The number of hydrogen-bond acceptors (Lipinski definition) is 5. The molecule has 0 saturated heterocycles. The van der Waals surface area contributed by atoms with Crippen molar-refractivity contribution in [2.75, 3.05) is 7.11 Å². The predicted octanol–water partition coefficient (Wildman–Crippen LogP) is 0.102. The maximum Gasteiger partial charge on any atom is 0.201 e. The third kappa shape index (κ3) is 3.23. The van der Waals surface area contributed by atoms with E-state index < -0.39 is 8.38 Å². The Morgan fingerprint density at radius 3 is 2.76 bits per heavy atom. The van der Waals surface area contributed by atoms with Gasteiger partial charge in [-0.2, -0.15) is 0 Å². The quantitative estimate of drug-likeness (QED) is 0.568. The monoisotopic (exact) mass is 250 g/mol. The van der Waals surface area contributed by atoms with Crippen molar-refractivity contribution in [3.05, 3.63) is 36.9 Å². The molecule has 2 aromatic heterocycles. The normalized spacial score (nSPS) is 12.4. The van der Waals surface area contributed by atoms with Gasteiger partial charge in [-0.3, -0.25) is 0 Å². The van der Waals surface area contributed by atoms with E-state index in [1.807, 2.05) is 6.07 Å². The van der Waals surface area contributed by atoms with Crippen LogP contribution in [-0.2, 0) is 10.8 Å². The maximum absolute atomic E-state index is 11.2. The molecule has 88 valence electrons. The molecule has 0 fully saturated rings. The summed E-state index contributed by atoms with van der Waals surface area (Å²) in [5.41, 5.74) is 0.814. The largest absolute Gasteiger partial charge is 0.803 e. The van der Waals surface area contributed by atoms with Gasteiger partial charge in [0.25, 0.3) is 0 Å². The van der Waals surface area contributed by atoms with Crippen molar-refractivity contribution in [1.29, 1.82) is 0 Å². The predicted molar refractivity (Wildman–Crippen MR) is 59.4 cm³/mol. The molecule has 2 aromatic rings. The highest BCUT2D eigenvalue weighted by atomic mass is 31.2. The molecule has 0 amide bonds. The Bertz CT molecular complexity index is 465. The van der Waals surface area contributed by atoms with Crippen LogP contribution >= 0.6 is 8.38 Å². The topological polar surface area (TPSA) is 74.8 Å². The standard InChI is InChI=1S/C10H11N4O2P/c1-16-17(15)8-14-6-3-9(7-13-14)10-11-4-2-5-12-10/h2-7H,8H2,1H3. The Balaban J connectivity index is 2.13. The second kappa shape index (κ2) is 5.72. The molecular formula is C10H11N4O2P. The van der Waals surface area contributed by atoms with Gasteiger partial charge in [-0.1, -0.05) is 4.68 Å². The zero-order chi connectivity index (χ0) is 12.1. The van der Waals surface area contributed by atoms with Crippen LogP contribution in [0.3, 0.4) is 0 Å². The van der Waals surface area contributed by atoms with Gasteiger partial charge >= 0.3 is 0 Å². The van der Waals surface area contributed by atoms with Crippen LogP contribution < -0.4 is 9.58 Å². The molecule has 2 heterocycles. The van der Waals surface area contributed by atoms with Crippen LogP contribution in [0, 0.1) is 0 Å². The summed E-state index contributed by atoms with van der Waals surface area (Å²) in [6.07, 6.45) is 6.93.